The van der Waals surface area contributed by atoms with E-state index in [1.807, 2.05) is 12.1 Å². The lowest BCUT2D eigenvalue weighted by Crippen LogP contribution is -2.48. The molecule has 2 aromatic carbocycles. The number of hydrogen-bond donors (Lipinski definition) is 1. The van der Waals surface area contributed by atoms with Gasteiger partial charge in [0.05, 0.1) is 11.8 Å². The van der Waals surface area contributed by atoms with E-state index in [2.05, 4.69) is 57.0 Å². The molecule has 0 amide bonds. The number of benzene rings is 2. The average molecular weight is 652 g/mol. The summed E-state index contributed by atoms with van der Waals surface area (Å²) in [5, 5.41) is 0.781. The first-order chi connectivity index (χ1) is 16.0. The van der Waals surface area contributed by atoms with Gasteiger partial charge in [-0.15, -0.1) is 34.0 Å². The Morgan fingerprint density at radius 2 is 1.51 bits per heavy atom. The fourth-order valence-electron chi connectivity index (χ4n) is 4.67. The fourth-order valence-corrected chi connectivity index (χ4v) is 6.31. The molecular weight excluding hydrogens is 614 g/mol. The highest BCUT2D eigenvalue weighted by Gasteiger charge is 2.27. The Morgan fingerprint density at radius 3 is 2.17 bits per heavy atom. The quantitative estimate of drug-likeness (QED) is 0.293. The van der Waals surface area contributed by atoms with Gasteiger partial charge in [0, 0.05) is 37.2 Å². The van der Waals surface area contributed by atoms with Crippen LogP contribution in [0.2, 0.25) is 5.02 Å². The van der Waals surface area contributed by atoms with Crippen LogP contribution in [0.4, 0.5) is 0 Å². The zero-order chi connectivity index (χ0) is 23.1. The minimum absolute atomic E-state index is 0. The predicted octanol–water partition coefficient (Wildman–Crippen LogP) is 5.85. The molecule has 1 saturated heterocycles. The van der Waals surface area contributed by atoms with Crippen LogP contribution >= 0.6 is 45.6 Å². The SMILES string of the molecule is Br.Br.O=S(=O)(CCCCCCN1CCN(C(c2ccccc2)c2cccc(Cl)c2)CC1)NC1CC1. The third kappa shape index (κ3) is 10.1. The van der Waals surface area contributed by atoms with E-state index in [-0.39, 0.29) is 51.8 Å². The zero-order valence-electron chi connectivity index (χ0n) is 20.1. The van der Waals surface area contributed by atoms with Crippen LogP contribution in [0, 0.1) is 0 Å². The van der Waals surface area contributed by atoms with Gasteiger partial charge in [0.1, 0.15) is 0 Å². The van der Waals surface area contributed by atoms with Gasteiger partial charge in [-0.25, -0.2) is 13.1 Å². The molecule has 2 aliphatic rings. The Bertz CT molecular complexity index is 985. The van der Waals surface area contributed by atoms with Crippen molar-refractivity contribution in [3.05, 3.63) is 70.7 Å². The first-order valence-corrected chi connectivity index (χ1v) is 14.3. The molecule has 1 aliphatic carbocycles. The second-order valence-corrected chi connectivity index (χ2v) is 11.7. The Kier molecular flexibility index (Phi) is 13.2. The predicted molar refractivity (Wildman–Crippen MR) is 157 cm³/mol. The Morgan fingerprint density at radius 1 is 0.857 bits per heavy atom. The topological polar surface area (TPSA) is 52.7 Å². The zero-order valence-corrected chi connectivity index (χ0v) is 25.1. The lowest BCUT2D eigenvalue weighted by molar-refractivity contribution is 0.108. The van der Waals surface area contributed by atoms with Gasteiger partial charge in [0.25, 0.3) is 0 Å². The van der Waals surface area contributed by atoms with Crippen molar-refractivity contribution < 1.29 is 8.42 Å². The number of sulfonamides is 1. The van der Waals surface area contributed by atoms with Crippen LogP contribution in [0.1, 0.15) is 55.7 Å². The van der Waals surface area contributed by atoms with E-state index in [0.717, 1.165) is 76.3 Å². The van der Waals surface area contributed by atoms with Gasteiger partial charge in [0.15, 0.2) is 0 Å². The number of hydrogen-bond acceptors (Lipinski definition) is 4. The van der Waals surface area contributed by atoms with E-state index in [4.69, 9.17) is 11.6 Å². The van der Waals surface area contributed by atoms with Crippen molar-refractivity contribution in [2.24, 2.45) is 0 Å². The first-order valence-electron chi connectivity index (χ1n) is 12.3. The largest absolute Gasteiger partial charge is 0.301 e. The van der Waals surface area contributed by atoms with E-state index in [1.165, 1.54) is 11.1 Å². The lowest BCUT2D eigenvalue weighted by Gasteiger charge is -2.40. The third-order valence-electron chi connectivity index (χ3n) is 6.61. The number of unbranched alkanes of at least 4 members (excludes halogenated alkanes) is 3. The van der Waals surface area contributed by atoms with Gasteiger partial charge in [-0.1, -0.05) is 66.9 Å². The lowest BCUT2D eigenvalue weighted by atomic mass is 9.96. The summed E-state index contributed by atoms with van der Waals surface area (Å²) in [6, 6.07) is 19.4. The molecule has 4 rings (SSSR count). The van der Waals surface area contributed by atoms with Crippen molar-refractivity contribution in [2.45, 2.75) is 50.6 Å². The van der Waals surface area contributed by atoms with Gasteiger partial charge in [-0.3, -0.25) is 4.90 Å². The van der Waals surface area contributed by atoms with Crippen LogP contribution in [0.25, 0.3) is 0 Å². The second-order valence-electron chi connectivity index (χ2n) is 9.37. The molecule has 9 heteroatoms. The smallest absolute Gasteiger partial charge is 0.211 e. The standard InChI is InChI=1S/C26H36ClN3O2S.2BrH/c27-24-12-8-11-23(21-24)26(22-9-4-3-5-10-22)30-18-16-29(17-19-30)15-6-1-2-7-20-33(31,32)28-25-13-14-25;;/h3-5,8-12,21,25-26,28H,1-2,6-7,13-20H2;2*1H. The molecule has 0 bridgehead atoms. The third-order valence-corrected chi connectivity index (χ3v) is 8.37. The number of piperazine rings is 1. The van der Waals surface area contributed by atoms with Crippen LogP contribution in [0.5, 0.6) is 0 Å². The Hall–Kier alpha value is -0.480. The molecule has 0 radical (unpaired) electrons. The van der Waals surface area contributed by atoms with Crippen molar-refractivity contribution in [1.29, 1.82) is 0 Å². The molecule has 1 aliphatic heterocycles. The highest BCUT2D eigenvalue weighted by molar-refractivity contribution is 8.93. The maximum Gasteiger partial charge on any atom is 0.211 e. The molecule has 0 aromatic heterocycles. The molecular formula is C26H38Br2ClN3O2S. The van der Waals surface area contributed by atoms with Crippen LogP contribution in [-0.2, 0) is 10.0 Å². The summed E-state index contributed by atoms with van der Waals surface area (Å²) in [5.41, 5.74) is 2.55. The van der Waals surface area contributed by atoms with Crippen molar-refractivity contribution in [1.82, 2.24) is 14.5 Å². The van der Waals surface area contributed by atoms with E-state index in [1.54, 1.807) is 0 Å². The minimum Gasteiger partial charge on any atom is -0.301 e. The summed E-state index contributed by atoms with van der Waals surface area (Å²) < 4.78 is 26.6. The molecule has 1 unspecified atom stereocenters. The summed E-state index contributed by atoms with van der Waals surface area (Å²) in [6.45, 7) is 5.26. The summed E-state index contributed by atoms with van der Waals surface area (Å²) in [7, 11) is -3.06. The number of nitrogens with zero attached hydrogens (tertiary/aromatic N) is 2. The summed E-state index contributed by atoms with van der Waals surface area (Å²) in [4.78, 5) is 5.11. The average Bonchev–Trinajstić information content (AvgIpc) is 3.61. The Labute approximate surface area is 237 Å². The molecule has 1 saturated carbocycles. The normalized spacial score (nSPS) is 17.9. The number of nitrogens with one attached hydrogen (secondary N) is 1. The van der Waals surface area contributed by atoms with E-state index >= 15 is 0 Å². The monoisotopic (exact) mass is 649 g/mol. The molecule has 0 spiro atoms. The van der Waals surface area contributed by atoms with Crippen LogP contribution in [0.15, 0.2) is 54.6 Å². The summed E-state index contributed by atoms with van der Waals surface area (Å²) in [6.07, 6.45) is 5.96. The molecule has 2 fully saturated rings. The molecule has 1 N–H and O–H groups in total. The van der Waals surface area contributed by atoms with E-state index in [9.17, 15) is 8.42 Å². The van der Waals surface area contributed by atoms with Gasteiger partial charge in [-0.2, -0.15) is 0 Å². The fraction of sp³-hybridized carbons (Fsp3) is 0.538. The first kappa shape index (κ1) is 30.7. The van der Waals surface area contributed by atoms with Crippen LogP contribution in [0.3, 0.4) is 0 Å². The van der Waals surface area contributed by atoms with E-state index < -0.39 is 10.0 Å². The highest BCUT2D eigenvalue weighted by Crippen LogP contribution is 2.31. The van der Waals surface area contributed by atoms with Crippen molar-refractivity contribution in [2.75, 3.05) is 38.5 Å². The second kappa shape index (κ2) is 15.1. The summed E-state index contributed by atoms with van der Waals surface area (Å²) >= 11 is 6.32. The van der Waals surface area contributed by atoms with Crippen molar-refractivity contribution in [3.8, 4) is 0 Å². The molecule has 1 heterocycles. The number of halogens is 3. The van der Waals surface area contributed by atoms with Gasteiger partial charge in [0.2, 0.25) is 10.0 Å². The molecule has 2 aromatic rings. The van der Waals surface area contributed by atoms with Gasteiger partial charge < -0.3 is 4.90 Å². The Balaban J connectivity index is 0.00000216. The molecule has 35 heavy (non-hydrogen) atoms. The summed E-state index contributed by atoms with van der Waals surface area (Å²) in [5.74, 6) is 0.270. The van der Waals surface area contributed by atoms with Crippen molar-refractivity contribution >= 4 is 55.6 Å². The maximum atomic E-state index is 11.9. The number of rotatable bonds is 12. The minimum atomic E-state index is -3.06. The molecule has 5 nitrogen and oxygen atoms in total. The van der Waals surface area contributed by atoms with Crippen LogP contribution in [-0.4, -0.2) is 62.7 Å². The van der Waals surface area contributed by atoms with Crippen molar-refractivity contribution in [3.63, 3.8) is 0 Å². The van der Waals surface area contributed by atoms with Crippen LogP contribution < -0.4 is 4.72 Å². The van der Waals surface area contributed by atoms with Gasteiger partial charge in [-0.05, 0) is 55.5 Å². The van der Waals surface area contributed by atoms with E-state index in [0.29, 0.717) is 0 Å². The molecule has 1 atom stereocenters. The van der Waals surface area contributed by atoms with Gasteiger partial charge >= 0.3 is 0 Å². The highest BCUT2D eigenvalue weighted by atomic mass is 79.9. The molecule has 196 valence electrons. The maximum absolute atomic E-state index is 11.9.